The Labute approximate surface area is 88.9 Å². The quantitative estimate of drug-likeness (QED) is 0.667. The summed E-state index contributed by atoms with van der Waals surface area (Å²) in [5.74, 6) is 1.04. The maximum absolute atomic E-state index is 2.79. The van der Waals surface area contributed by atoms with E-state index in [0.29, 0.717) is 0 Å². The molecule has 1 nitrogen and oxygen atoms in total. The van der Waals surface area contributed by atoms with E-state index in [1.54, 1.807) is 0 Å². The fourth-order valence-electron chi connectivity index (χ4n) is 3.48. The van der Waals surface area contributed by atoms with Crippen molar-refractivity contribution in [3.05, 3.63) is 0 Å². The molecule has 1 aliphatic carbocycles. The highest BCUT2D eigenvalue weighted by Gasteiger charge is 2.28. The van der Waals surface area contributed by atoms with Gasteiger partial charge in [-0.2, -0.15) is 0 Å². The lowest BCUT2D eigenvalue weighted by Gasteiger charge is -2.37. The molecule has 0 spiro atoms. The summed E-state index contributed by atoms with van der Waals surface area (Å²) < 4.78 is 0. The van der Waals surface area contributed by atoms with Gasteiger partial charge in [-0.3, -0.25) is 0 Å². The van der Waals surface area contributed by atoms with E-state index >= 15 is 0 Å². The molecule has 2 aliphatic rings. The molecule has 2 rings (SSSR count). The third kappa shape index (κ3) is 2.31. The average molecular weight is 195 g/mol. The van der Waals surface area contributed by atoms with Gasteiger partial charge >= 0.3 is 0 Å². The maximum atomic E-state index is 2.79. The van der Waals surface area contributed by atoms with E-state index in [0.717, 1.165) is 12.0 Å². The van der Waals surface area contributed by atoms with Crippen molar-refractivity contribution in [2.45, 2.75) is 64.3 Å². The second-order valence-corrected chi connectivity index (χ2v) is 5.12. The molecule has 0 N–H and O–H groups in total. The molecular formula is C13H25N. The van der Waals surface area contributed by atoms with Crippen LogP contribution in [0.5, 0.6) is 0 Å². The molecule has 0 bridgehead atoms. The van der Waals surface area contributed by atoms with Crippen LogP contribution in [0.25, 0.3) is 0 Å². The second kappa shape index (κ2) is 5.16. The standard InChI is InChI=1S/C13H25N/c1-2-13(12-8-4-5-9-12)14-10-6-3-7-11-14/h12-13H,2-11H2,1H3/t13-/m0/s1. The van der Waals surface area contributed by atoms with E-state index < -0.39 is 0 Å². The van der Waals surface area contributed by atoms with Crippen LogP contribution in [-0.4, -0.2) is 24.0 Å². The fourth-order valence-corrected chi connectivity index (χ4v) is 3.48. The Morgan fingerprint density at radius 3 is 2.21 bits per heavy atom. The average Bonchev–Trinajstić information content (AvgIpc) is 2.74. The van der Waals surface area contributed by atoms with Crippen molar-refractivity contribution < 1.29 is 0 Å². The third-order valence-electron chi connectivity index (χ3n) is 4.22. The summed E-state index contributed by atoms with van der Waals surface area (Å²) in [6, 6.07) is 0.929. The number of nitrogens with zero attached hydrogens (tertiary/aromatic N) is 1. The van der Waals surface area contributed by atoms with Crippen molar-refractivity contribution in [1.29, 1.82) is 0 Å². The first-order valence-electron chi connectivity index (χ1n) is 6.66. The van der Waals surface area contributed by atoms with Crippen LogP contribution in [0.4, 0.5) is 0 Å². The minimum atomic E-state index is 0.929. The van der Waals surface area contributed by atoms with E-state index in [1.807, 2.05) is 0 Å². The lowest BCUT2D eigenvalue weighted by atomic mass is 9.93. The monoisotopic (exact) mass is 195 g/mol. The molecule has 0 unspecified atom stereocenters. The van der Waals surface area contributed by atoms with Gasteiger partial charge in [0.1, 0.15) is 0 Å². The van der Waals surface area contributed by atoms with Gasteiger partial charge in [-0.15, -0.1) is 0 Å². The summed E-state index contributed by atoms with van der Waals surface area (Å²) >= 11 is 0. The molecule has 0 amide bonds. The smallest absolute Gasteiger partial charge is 0.0121 e. The Morgan fingerprint density at radius 2 is 1.64 bits per heavy atom. The first-order chi connectivity index (χ1) is 6.92. The highest BCUT2D eigenvalue weighted by atomic mass is 15.2. The minimum Gasteiger partial charge on any atom is -0.300 e. The van der Waals surface area contributed by atoms with Gasteiger partial charge in [-0.05, 0) is 51.1 Å². The molecule has 14 heavy (non-hydrogen) atoms. The Balaban J connectivity index is 1.89. The van der Waals surface area contributed by atoms with Crippen molar-refractivity contribution in [3.63, 3.8) is 0 Å². The molecule has 82 valence electrons. The number of piperidine rings is 1. The molecule has 0 aromatic carbocycles. The molecule has 1 atom stereocenters. The number of hydrogen-bond donors (Lipinski definition) is 0. The number of likely N-dealkylation sites (tertiary alicyclic amines) is 1. The predicted octanol–water partition coefficient (Wildman–Crippen LogP) is 3.44. The largest absolute Gasteiger partial charge is 0.300 e. The van der Waals surface area contributed by atoms with Crippen LogP contribution in [0.1, 0.15) is 58.3 Å². The molecule has 2 fully saturated rings. The summed E-state index contributed by atoms with van der Waals surface area (Å²) in [5, 5.41) is 0. The third-order valence-corrected chi connectivity index (χ3v) is 4.22. The van der Waals surface area contributed by atoms with Gasteiger partial charge in [0.05, 0.1) is 0 Å². The lowest BCUT2D eigenvalue weighted by Crippen LogP contribution is -2.42. The van der Waals surface area contributed by atoms with E-state index in [9.17, 15) is 0 Å². The molecule has 1 heteroatoms. The molecule has 0 aromatic rings. The molecule has 1 heterocycles. The highest BCUT2D eigenvalue weighted by Crippen LogP contribution is 2.32. The van der Waals surface area contributed by atoms with Crippen molar-refractivity contribution in [2.24, 2.45) is 5.92 Å². The van der Waals surface area contributed by atoms with Crippen LogP contribution in [0.3, 0.4) is 0 Å². The van der Waals surface area contributed by atoms with Crippen LogP contribution in [-0.2, 0) is 0 Å². The van der Waals surface area contributed by atoms with Gasteiger partial charge in [0.25, 0.3) is 0 Å². The van der Waals surface area contributed by atoms with Crippen LogP contribution < -0.4 is 0 Å². The Hall–Kier alpha value is -0.0400. The number of rotatable bonds is 3. The highest BCUT2D eigenvalue weighted by molar-refractivity contribution is 4.83. The SMILES string of the molecule is CC[C@@H](C1CCCC1)N1CCCCC1. The van der Waals surface area contributed by atoms with Gasteiger partial charge in [-0.1, -0.05) is 26.2 Å². The topological polar surface area (TPSA) is 3.24 Å². The molecule has 1 saturated heterocycles. The summed E-state index contributed by atoms with van der Waals surface area (Å²) in [6.45, 7) is 5.15. The summed E-state index contributed by atoms with van der Waals surface area (Å²) in [4.78, 5) is 2.79. The summed E-state index contributed by atoms with van der Waals surface area (Å²) in [7, 11) is 0. The zero-order valence-corrected chi connectivity index (χ0v) is 9.67. The number of hydrogen-bond acceptors (Lipinski definition) is 1. The molecule has 0 aromatic heterocycles. The van der Waals surface area contributed by atoms with Crippen LogP contribution >= 0.6 is 0 Å². The van der Waals surface area contributed by atoms with Gasteiger partial charge in [-0.25, -0.2) is 0 Å². The van der Waals surface area contributed by atoms with Crippen LogP contribution in [0, 0.1) is 5.92 Å². The molecule has 0 radical (unpaired) electrons. The van der Waals surface area contributed by atoms with Gasteiger partial charge < -0.3 is 4.90 Å². The zero-order chi connectivity index (χ0) is 9.80. The molecular weight excluding hydrogens is 170 g/mol. The lowest BCUT2D eigenvalue weighted by molar-refractivity contribution is 0.114. The predicted molar refractivity (Wildman–Crippen MR) is 61.5 cm³/mol. The molecule has 1 saturated carbocycles. The fraction of sp³-hybridized carbons (Fsp3) is 1.00. The van der Waals surface area contributed by atoms with Gasteiger partial charge in [0.2, 0.25) is 0 Å². The van der Waals surface area contributed by atoms with E-state index in [1.165, 1.54) is 64.5 Å². The zero-order valence-electron chi connectivity index (χ0n) is 9.67. The van der Waals surface area contributed by atoms with E-state index in [-0.39, 0.29) is 0 Å². The first kappa shape index (κ1) is 10.5. The van der Waals surface area contributed by atoms with Gasteiger partial charge in [0.15, 0.2) is 0 Å². The van der Waals surface area contributed by atoms with Crippen molar-refractivity contribution in [1.82, 2.24) is 4.90 Å². The van der Waals surface area contributed by atoms with Crippen molar-refractivity contribution in [3.8, 4) is 0 Å². The van der Waals surface area contributed by atoms with Crippen LogP contribution in [0.2, 0.25) is 0 Å². The summed E-state index contributed by atoms with van der Waals surface area (Å²) in [6.07, 6.45) is 11.8. The van der Waals surface area contributed by atoms with Gasteiger partial charge in [0, 0.05) is 6.04 Å². The maximum Gasteiger partial charge on any atom is 0.0121 e. The minimum absolute atomic E-state index is 0.929. The van der Waals surface area contributed by atoms with Crippen molar-refractivity contribution in [2.75, 3.05) is 13.1 Å². The Morgan fingerprint density at radius 1 is 1.00 bits per heavy atom. The summed E-state index contributed by atoms with van der Waals surface area (Å²) in [5.41, 5.74) is 0. The van der Waals surface area contributed by atoms with Crippen LogP contribution in [0.15, 0.2) is 0 Å². The van der Waals surface area contributed by atoms with E-state index in [4.69, 9.17) is 0 Å². The second-order valence-electron chi connectivity index (χ2n) is 5.12. The first-order valence-corrected chi connectivity index (χ1v) is 6.66. The Bertz CT molecular complexity index is 155. The van der Waals surface area contributed by atoms with Crippen molar-refractivity contribution >= 4 is 0 Å². The normalized spacial score (nSPS) is 28.1. The van der Waals surface area contributed by atoms with E-state index in [2.05, 4.69) is 11.8 Å². The molecule has 1 aliphatic heterocycles. The Kier molecular flexibility index (Phi) is 3.86.